The highest BCUT2D eigenvalue weighted by Crippen LogP contribution is 2.25. The maximum atomic E-state index is 12.3. The second-order valence-corrected chi connectivity index (χ2v) is 5.41. The van der Waals surface area contributed by atoms with Crippen LogP contribution in [-0.2, 0) is 10.0 Å². The molecule has 102 valence electrons. The van der Waals surface area contributed by atoms with Crippen molar-refractivity contribution in [3.05, 3.63) is 53.9 Å². The van der Waals surface area contributed by atoms with Gasteiger partial charge in [0.1, 0.15) is 0 Å². The van der Waals surface area contributed by atoms with Crippen LogP contribution in [0.1, 0.15) is 0 Å². The monoisotopic (exact) mass is 283 g/mol. The summed E-state index contributed by atoms with van der Waals surface area (Å²) in [4.78, 5) is 13.3. The summed E-state index contributed by atoms with van der Waals surface area (Å²) < 4.78 is 25.7. The first-order chi connectivity index (χ1) is 8.95. The Hall–Kier alpha value is -2.06. The molecule has 0 atom stereocenters. The Balaban J connectivity index is 3.36. The van der Waals surface area contributed by atoms with Gasteiger partial charge >= 0.3 is 0 Å². The molecule has 0 saturated heterocycles. The number of nitro groups is 1. The van der Waals surface area contributed by atoms with Crippen molar-refractivity contribution in [2.45, 2.75) is 4.90 Å². The summed E-state index contributed by atoms with van der Waals surface area (Å²) in [5.74, 6) is 0. The average Bonchev–Trinajstić information content (AvgIpc) is 2.38. The van der Waals surface area contributed by atoms with Crippen LogP contribution in [0, 0.1) is 10.1 Å². The molecule has 0 bridgehead atoms. The maximum absolute atomic E-state index is 12.3. The Kier molecular flexibility index (Phi) is 4.90. The van der Waals surface area contributed by atoms with Gasteiger partial charge in [-0.3, -0.25) is 15.1 Å². The highest BCUT2D eigenvalue weighted by atomic mass is 32.2. The van der Waals surface area contributed by atoms with Crippen LogP contribution in [0.25, 0.3) is 0 Å². The number of nitrogens with zero attached hydrogens (tertiary/aromatic N) is 3. The fourth-order valence-corrected chi connectivity index (χ4v) is 2.90. The van der Waals surface area contributed by atoms with Gasteiger partial charge in [0, 0.05) is 25.4 Å². The molecule has 1 rings (SSSR count). The molecule has 0 aromatic carbocycles. The molecule has 0 fully saturated rings. The minimum Gasteiger partial charge on any atom is -0.263 e. The number of pyridine rings is 1. The first kappa shape index (κ1) is 15.0. The van der Waals surface area contributed by atoms with Gasteiger partial charge in [-0.2, -0.15) is 4.31 Å². The minimum absolute atomic E-state index is 0.0282. The molecule has 0 N–H and O–H groups in total. The van der Waals surface area contributed by atoms with E-state index in [1.54, 1.807) is 0 Å². The first-order valence-electron chi connectivity index (χ1n) is 5.25. The topological polar surface area (TPSA) is 93.4 Å². The van der Waals surface area contributed by atoms with Crippen LogP contribution in [-0.4, -0.2) is 35.7 Å². The van der Waals surface area contributed by atoms with Gasteiger partial charge in [0.2, 0.25) is 0 Å². The zero-order valence-corrected chi connectivity index (χ0v) is 10.9. The summed E-state index contributed by atoms with van der Waals surface area (Å²) in [5, 5.41) is 10.9. The molecule has 7 nitrogen and oxygen atoms in total. The molecule has 8 heteroatoms. The molecule has 1 aromatic heterocycles. The van der Waals surface area contributed by atoms with Crippen molar-refractivity contribution in [3.63, 3.8) is 0 Å². The minimum atomic E-state index is -4.01. The number of rotatable bonds is 7. The summed E-state index contributed by atoms with van der Waals surface area (Å²) in [7, 11) is -4.01. The second kappa shape index (κ2) is 6.21. The smallest absolute Gasteiger partial charge is 0.263 e. The third kappa shape index (κ3) is 3.24. The lowest BCUT2D eigenvalue weighted by Gasteiger charge is -2.18. The zero-order chi connectivity index (χ0) is 14.5. The van der Waals surface area contributed by atoms with E-state index in [1.165, 1.54) is 18.3 Å². The van der Waals surface area contributed by atoms with E-state index in [0.29, 0.717) is 0 Å². The predicted molar refractivity (Wildman–Crippen MR) is 70.0 cm³/mol. The second-order valence-electron chi connectivity index (χ2n) is 3.50. The van der Waals surface area contributed by atoms with Crippen molar-refractivity contribution >= 4 is 15.7 Å². The van der Waals surface area contributed by atoms with Crippen LogP contribution >= 0.6 is 0 Å². The first-order valence-corrected chi connectivity index (χ1v) is 6.69. The Bertz CT molecular complexity index is 588. The standard InChI is InChI=1S/C11H13N3O4S/c1-3-7-13(8-4-2)19(17,18)11-9-12-6-5-10(11)14(15)16/h3-6,9H,1-2,7-8H2. The fraction of sp³-hybridized carbons (Fsp3) is 0.182. The van der Waals surface area contributed by atoms with Gasteiger partial charge < -0.3 is 0 Å². The van der Waals surface area contributed by atoms with E-state index in [4.69, 9.17) is 0 Å². The van der Waals surface area contributed by atoms with Gasteiger partial charge in [-0.1, -0.05) is 12.2 Å². The summed E-state index contributed by atoms with van der Waals surface area (Å²) in [5.41, 5.74) is -0.506. The normalized spacial score (nSPS) is 11.2. The molecule has 1 heterocycles. The van der Waals surface area contributed by atoms with Crippen molar-refractivity contribution < 1.29 is 13.3 Å². The number of aromatic nitrogens is 1. The Labute approximate surface area is 111 Å². The average molecular weight is 283 g/mol. The van der Waals surface area contributed by atoms with Crippen molar-refractivity contribution in [1.29, 1.82) is 0 Å². The molecule has 1 aromatic rings. The van der Waals surface area contributed by atoms with Gasteiger partial charge in [0.15, 0.2) is 4.90 Å². The van der Waals surface area contributed by atoms with Crippen LogP contribution in [0.2, 0.25) is 0 Å². The van der Waals surface area contributed by atoms with Crippen molar-refractivity contribution in [2.75, 3.05) is 13.1 Å². The third-order valence-corrected chi connectivity index (χ3v) is 4.09. The SMILES string of the molecule is C=CCN(CC=C)S(=O)(=O)c1cnccc1[N+](=O)[O-]. The molecule has 0 amide bonds. The zero-order valence-electron chi connectivity index (χ0n) is 10.1. The van der Waals surface area contributed by atoms with E-state index in [1.807, 2.05) is 0 Å². The number of sulfonamides is 1. The summed E-state index contributed by atoms with van der Waals surface area (Å²) in [6.45, 7) is 6.97. The lowest BCUT2D eigenvalue weighted by atomic mass is 10.4. The lowest BCUT2D eigenvalue weighted by Crippen LogP contribution is -2.32. The van der Waals surface area contributed by atoms with Gasteiger partial charge in [-0.15, -0.1) is 13.2 Å². The van der Waals surface area contributed by atoms with Crippen LogP contribution in [0.5, 0.6) is 0 Å². The molecule has 0 aliphatic carbocycles. The molecule has 0 radical (unpaired) electrons. The van der Waals surface area contributed by atoms with Crippen LogP contribution < -0.4 is 0 Å². The van der Waals surface area contributed by atoms with E-state index in [0.717, 1.165) is 16.6 Å². The molecule has 0 aliphatic heterocycles. The highest BCUT2D eigenvalue weighted by molar-refractivity contribution is 7.89. The van der Waals surface area contributed by atoms with Crippen LogP contribution in [0.15, 0.2) is 48.7 Å². The maximum Gasteiger partial charge on any atom is 0.292 e. The predicted octanol–water partition coefficient (Wildman–Crippen LogP) is 1.35. The summed E-state index contributed by atoms with van der Waals surface area (Å²) in [6, 6.07) is 1.05. The van der Waals surface area contributed by atoms with Gasteiger partial charge in [0.05, 0.1) is 11.1 Å². The van der Waals surface area contributed by atoms with Gasteiger partial charge in [-0.05, 0) is 0 Å². The highest BCUT2D eigenvalue weighted by Gasteiger charge is 2.30. The van der Waals surface area contributed by atoms with E-state index in [-0.39, 0.29) is 13.1 Å². The summed E-state index contributed by atoms with van der Waals surface area (Å²) in [6.07, 6.45) is 4.92. The largest absolute Gasteiger partial charge is 0.292 e. The fourth-order valence-electron chi connectivity index (χ4n) is 1.42. The van der Waals surface area contributed by atoms with E-state index in [9.17, 15) is 18.5 Å². The van der Waals surface area contributed by atoms with Crippen LogP contribution in [0.3, 0.4) is 0 Å². The van der Waals surface area contributed by atoms with Crippen LogP contribution in [0.4, 0.5) is 5.69 Å². The molecule has 0 saturated carbocycles. The van der Waals surface area contributed by atoms with Gasteiger partial charge in [0.25, 0.3) is 15.7 Å². The quantitative estimate of drug-likeness (QED) is 0.428. The molecule has 19 heavy (non-hydrogen) atoms. The molecular weight excluding hydrogens is 270 g/mol. The molecule has 0 spiro atoms. The van der Waals surface area contributed by atoms with Crippen molar-refractivity contribution in [3.8, 4) is 0 Å². The Morgan fingerprint density at radius 2 is 1.95 bits per heavy atom. The van der Waals surface area contributed by atoms with Crippen molar-refractivity contribution in [1.82, 2.24) is 9.29 Å². The summed E-state index contributed by atoms with van der Waals surface area (Å²) >= 11 is 0. The molecular formula is C11H13N3O4S. The Morgan fingerprint density at radius 3 is 2.42 bits per heavy atom. The number of hydrogen-bond acceptors (Lipinski definition) is 5. The van der Waals surface area contributed by atoms with E-state index >= 15 is 0 Å². The number of hydrogen-bond donors (Lipinski definition) is 0. The Morgan fingerprint density at radius 1 is 1.37 bits per heavy atom. The van der Waals surface area contributed by atoms with E-state index in [2.05, 4.69) is 18.1 Å². The van der Waals surface area contributed by atoms with Gasteiger partial charge in [-0.25, -0.2) is 8.42 Å². The van der Waals surface area contributed by atoms with E-state index < -0.39 is 25.5 Å². The molecule has 0 unspecified atom stereocenters. The molecule has 0 aliphatic rings. The third-order valence-electron chi connectivity index (χ3n) is 2.24. The lowest BCUT2D eigenvalue weighted by molar-refractivity contribution is -0.388. The van der Waals surface area contributed by atoms with Crippen molar-refractivity contribution in [2.24, 2.45) is 0 Å².